The number of carbonyl (C=O) groups is 1. The number of fused-ring (bicyclic) bond motifs is 2. The zero-order valence-corrected chi connectivity index (χ0v) is 12.0. The molecule has 100 valence electrons. The Labute approximate surface area is 119 Å². The Balaban J connectivity index is 1.93. The molecule has 0 aliphatic carbocycles. The van der Waals surface area contributed by atoms with Crippen molar-refractivity contribution in [1.82, 2.24) is 9.97 Å². The summed E-state index contributed by atoms with van der Waals surface area (Å²) in [6.07, 6.45) is 0. The van der Waals surface area contributed by atoms with Gasteiger partial charge in [-0.2, -0.15) is 0 Å². The number of imidazole rings is 1. The molecule has 5 heteroatoms. The van der Waals surface area contributed by atoms with Crippen molar-refractivity contribution < 1.29 is 4.79 Å². The van der Waals surface area contributed by atoms with Crippen molar-refractivity contribution in [3.63, 3.8) is 0 Å². The molecule has 0 bridgehead atoms. The van der Waals surface area contributed by atoms with Gasteiger partial charge in [0.2, 0.25) is 5.91 Å². The van der Waals surface area contributed by atoms with Gasteiger partial charge in [0.25, 0.3) is 0 Å². The summed E-state index contributed by atoms with van der Waals surface area (Å²) in [5.74, 6) is 0.918. The van der Waals surface area contributed by atoms with E-state index in [0.29, 0.717) is 0 Å². The molecular weight excluding hydrogens is 270 g/mol. The molecule has 1 aromatic carbocycles. The smallest absolute Gasteiger partial charge is 0.234 e. The molecule has 0 radical (unpaired) electrons. The maximum atomic E-state index is 12.0. The van der Waals surface area contributed by atoms with Crippen molar-refractivity contribution in [3.8, 4) is 10.7 Å². The highest BCUT2D eigenvalue weighted by molar-refractivity contribution is 7.13. The monoisotopic (exact) mass is 283 g/mol. The lowest BCUT2D eigenvalue weighted by atomic mass is 9.86. The molecular formula is C15H13N3OS. The van der Waals surface area contributed by atoms with Gasteiger partial charge in [-0.15, -0.1) is 11.3 Å². The molecule has 0 atom stereocenters. The van der Waals surface area contributed by atoms with E-state index in [0.717, 1.165) is 33.0 Å². The number of benzene rings is 1. The summed E-state index contributed by atoms with van der Waals surface area (Å²) in [6, 6.07) is 8.04. The fourth-order valence-corrected chi connectivity index (χ4v) is 3.28. The predicted octanol–water partition coefficient (Wildman–Crippen LogP) is 3.52. The molecule has 20 heavy (non-hydrogen) atoms. The Bertz CT molecular complexity index is 830. The second-order valence-electron chi connectivity index (χ2n) is 5.56. The van der Waals surface area contributed by atoms with Crippen molar-refractivity contribution >= 4 is 34.0 Å². The van der Waals surface area contributed by atoms with E-state index in [2.05, 4.69) is 15.3 Å². The first-order valence-electron chi connectivity index (χ1n) is 6.45. The Morgan fingerprint density at radius 2 is 2.15 bits per heavy atom. The van der Waals surface area contributed by atoms with E-state index >= 15 is 0 Å². The highest BCUT2D eigenvalue weighted by Gasteiger charge is 2.38. The van der Waals surface area contributed by atoms with Gasteiger partial charge in [-0.05, 0) is 43.0 Å². The molecule has 2 aromatic heterocycles. The number of anilines is 1. The molecule has 0 fully saturated rings. The van der Waals surface area contributed by atoms with Crippen molar-refractivity contribution in [2.75, 3.05) is 5.32 Å². The fourth-order valence-electron chi connectivity index (χ4n) is 2.61. The SMILES string of the molecule is CC1(C)C(=O)Nc2cc3nc(-c4cccs4)[nH]c3cc21. The molecule has 3 heterocycles. The Kier molecular flexibility index (Phi) is 2.16. The number of H-pyrrole nitrogens is 1. The van der Waals surface area contributed by atoms with Crippen LogP contribution < -0.4 is 5.32 Å². The molecule has 3 aromatic rings. The topological polar surface area (TPSA) is 57.8 Å². The summed E-state index contributed by atoms with van der Waals surface area (Å²) < 4.78 is 0. The number of carbonyl (C=O) groups excluding carboxylic acids is 1. The third kappa shape index (κ3) is 1.47. The summed E-state index contributed by atoms with van der Waals surface area (Å²) >= 11 is 1.66. The lowest BCUT2D eigenvalue weighted by molar-refractivity contribution is -0.119. The number of nitrogens with zero attached hydrogens (tertiary/aromatic N) is 1. The highest BCUT2D eigenvalue weighted by Crippen LogP contribution is 2.39. The lowest BCUT2D eigenvalue weighted by Crippen LogP contribution is -2.26. The number of aromatic amines is 1. The average molecular weight is 283 g/mol. The van der Waals surface area contributed by atoms with E-state index in [1.165, 1.54) is 0 Å². The fraction of sp³-hybridized carbons (Fsp3) is 0.200. The minimum Gasteiger partial charge on any atom is -0.337 e. The van der Waals surface area contributed by atoms with Gasteiger partial charge in [-0.25, -0.2) is 4.98 Å². The van der Waals surface area contributed by atoms with Gasteiger partial charge in [0.1, 0.15) is 5.82 Å². The summed E-state index contributed by atoms with van der Waals surface area (Å²) in [4.78, 5) is 21.0. The lowest BCUT2D eigenvalue weighted by Gasteiger charge is -2.14. The maximum Gasteiger partial charge on any atom is 0.234 e. The van der Waals surface area contributed by atoms with Gasteiger partial charge in [0, 0.05) is 5.69 Å². The Hall–Kier alpha value is -2.14. The predicted molar refractivity (Wildman–Crippen MR) is 81.1 cm³/mol. The maximum absolute atomic E-state index is 12.0. The van der Waals surface area contributed by atoms with Gasteiger partial charge in [-0.3, -0.25) is 4.79 Å². The van der Waals surface area contributed by atoms with Crippen LogP contribution >= 0.6 is 11.3 Å². The van der Waals surface area contributed by atoms with Crippen LogP contribution in [-0.4, -0.2) is 15.9 Å². The van der Waals surface area contributed by atoms with Crippen molar-refractivity contribution in [1.29, 1.82) is 0 Å². The van der Waals surface area contributed by atoms with Crippen molar-refractivity contribution in [2.24, 2.45) is 0 Å². The van der Waals surface area contributed by atoms with E-state index < -0.39 is 5.41 Å². The number of aromatic nitrogens is 2. The van der Waals surface area contributed by atoms with Crippen LogP contribution in [0.5, 0.6) is 0 Å². The van der Waals surface area contributed by atoms with E-state index in [4.69, 9.17) is 0 Å². The van der Waals surface area contributed by atoms with E-state index in [1.807, 2.05) is 43.5 Å². The number of hydrogen-bond donors (Lipinski definition) is 2. The first-order valence-corrected chi connectivity index (χ1v) is 7.33. The number of thiophene rings is 1. The molecule has 0 spiro atoms. The summed E-state index contributed by atoms with van der Waals surface area (Å²) in [6.45, 7) is 3.88. The molecule has 4 nitrogen and oxygen atoms in total. The van der Waals surface area contributed by atoms with Gasteiger partial charge in [0.05, 0.1) is 21.3 Å². The number of rotatable bonds is 1. The zero-order chi connectivity index (χ0) is 13.9. The van der Waals surface area contributed by atoms with Crippen LogP contribution in [0.3, 0.4) is 0 Å². The molecule has 0 unspecified atom stereocenters. The largest absolute Gasteiger partial charge is 0.337 e. The highest BCUT2D eigenvalue weighted by atomic mass is 32.1. The first-order chi connectivity index (χ1) is 9.55. The van der Waals surface area contributed by atoms with E-state index in [-0.39, 0.29) is 5.91 Å². The summed E-state index contributed by atoms with van der Waals surface area (Å²) in [5, 5.41) is 4.97. The van der Waals surface area contributed by atoms with Crippen LogP contribution in [0.2, 0.25) is 0 Å². The molecule has 0 saturated carbocycles. The quantitative estimate of drug-likeness (QED) is 0.718. The van der Waals surface area contributed by atoms with Gasteiger partial charge in [0.15, 0.2) is 0 Å². The number of hydrogen-bond acceptors (Lipinski definition) is 3. The van der Waals surface area contributed by atoms with Crippen LogP contribution in [0.4, 0.5) is 5.69 Å². The standard InChI is InChI=1S/C15H13N3OS/c1-15(2)8-6-10-11(7-9(8)18-14(15)19)17-13(16-10)12-4-3-5-20-12/h3-7H,1-2H3,(H,16,17)(H,18,19). The normalized spacial score (nSPS) is 16.4. The first kappa shape index (κ1) is 11.7. The molecule has 0 saturated heterocycles. The molecule has 4 rings (SSSR count). The average Bonchev–Trinajstić information content (AvgIpc) is 3.08. The zero-order valence-electron chi connectivity index (χ0n) is 11.2. The van der Waals surface area contributed by atoms with Crippen LogP contribution in [0, 0.1) is 0 Å². The van der Waals surface area contributed by atoms with Crippen molar-refractivity contribution in [3.05, 3.63) is 35.2 Å². The molecule has 1 aliphatic rings. The number of amides is 1. The Morgan fingerprint density at radius 3 is 2.90 bits per heavy atom. The van der Waals surface area contributed by atoms with E-state index in [1.54, 1.807) is 11.3 Å². The molecule has 1 amide bonds. The van der Waals surface area contributed by atoms with Crippen LogP contribution in [0.15, 0.2) is 29.6 Å². The van der Waals surface area contributed by atoms with Crippen molar-refractivity contribution in [2.45, 2.75) is 19.3 Å². The van der Waals surface area contributed by atoms with E-state index in [9.17, 15) is 4.79 Å². The second-order valence-corrected chi connectivity index (χ2v) is 6.50. The molecule has 1 aliphatic heterocycles. The van der Waals surface area contributed by atoms with Crippen LogP contribution in [0.1, 0.15) is 19.4 Å². The summed E-state index contributed by atoms with van der Waals surface area (Å²) in [7, 11) is 0. The number of nitrogens with one attached hydrogen (secondary N) is 2. The summed E-state index contributed by atoms with van der Waals surface area (Å²) in [5.41, 5.74) is 3.26. The van der Waals surface area contributed by atoms with Gasteiger partial charge < -0.3 is 10.3 Å². The Morgan fingerprint density at radius 1 is 1.30 bits per heavy atom. The minimum absolute atomic E-state index is 0.0404. The van der Waals surface area contributed by atoms with Crippen LogP contribution in [0.25, 0.3) is 21.7 Å². The van der Waals surface area contributed by atoms with Gasteiger partial charge in [-0.1, -0.05) is 6.07 Å². The molecule has 2 N–H and O–H groups in total. The third-order valence-corrected chi connectivity index (χ3v) is 4.74. The second kappa shape index (κ2) is 3.70. The van der Waals surface area contributed by atoms with Crippen LogP contribution in [-0.2, 0) is 10.2 Å². The third-order valence-electron chi connectivity index (χ3n) is 3.86. The van der Waals surface area contributed by atoms with Gasteiger partial charge >= 0.3 is 0 Å². The minimum atomic E-state index is -0.488.